The van der Waals surface area contributed by atoms with Gasteiger partial charge in [-0.1, -0.05) is 109 Å². The Morgan fingerprint density at radius 1 is 0.370 bits per heavy atom. The number of allylic oxidation sites excluding steroid dienone is 3. The Morgan fingerprint density at radius 3 is 1.43 bits per heavy atom. The third-order valence-electron chi connectivity index (χ3n) is 9.68. The minimum Gasteiger partial charge on any atom is -0.313 e. The quantitative estimate of drug-likeness (QED) is 0.195. The van der Waals surface area contributed by atoms with Crippen LogP contribution in [0, 0.1) is 0 Å². The smallest absolute Gasteiger partial charge is 0.0558 e. The van der Waals surface area contributed by atoms with Crippen LogP contribution in [0.2, 0.25) is 0 Å². The zero-order valence-electron chi connectivity index (χ0n) is 25.1. The van der Waals surface area contributed by atoms with Gasteiger partial charge in [-0.15, -0.1) is 0 Å². The van der Waals surface area contributed by atoms with E-state index in [1.807, 2.05) is 0 Å². The lowest BCUT2D eigenvalue weighted by molar-refractivity contribution is 0.996. The summed E-state index contributed by atoms with van der Waals surface area (Å²) >= 11 is 0. The molecule has 1 aliphatic rings. The Kier molecular flexibility index (Phi) is 5.34. The SMILES string of the molecule is C1=CCc2c(c3ccc(-n4c5ccccc5c5ccccc54)cc3n2-c2cccc(-n3c4ccccc4c4ccccc43)c2)C=C1. The van der Waals surface area contributed by atoms with Gasteiger partial charge in [-0.3, -0.25) is 0 Å². The van der Waals surface area contributed by atoms with Crippen molar-refractivity contribution in [1.82, 2.24) is 13.7 Å². The van der Waals surface area contributed by atoms with Crippen LogP contribution in [0.1, 0.15) is 11.3 Å². The van der Waals surface area contributed by atoms with Crippen molar-refractivity contribution >= 4 is 60.6 Å². The third-order valence-corrected chi connectivity index (χ3v) is 9.68. The average molecular weight is 588 g/mol. The molecule has 0 N–H and O–H groups in total. The molecule has 46 heavy (non-hydrogen) atoms. The molecule has 216 valence electrons. The van der Waals surface area contributed by atoms with Crippen molar-refractivity contribution in [3.05, 3.63) is 169 Å². The number of aromatic nitrogens is 3. The maximum atomic E-state index is 2.49. The van der Waals surface area contributed by atoms with Gasteiger partial charge in [-0.05, 0) is 54.6 Å². The van der Waals surface area contributed by atoms with Crippen molar-refractivity contribution in [2.75, 3.05) is 0 Å². The highest BCUT2D eigenvalue weighted by Gasteiger charge is 2.20. The molecule has 1 aliphatic carbocycles. The van der Waals surface area contributed by atoms with E-state index in [1.165, 1.54) is 65.8 Å². The first-order valence-corrected chi connectivity index (χ1v) is 15.9. The first kappa shape index (κ1) is 25.3. The third kappa shape index (κ3) is 3.54. The summed E-state index contributed by atoms with van der Waals surface area (Å²) in [5.74, 6) is 0. The van der Waals surface area contributed by atoms with E-state index in [4.69, 9.17) is 0 Å². The standard InChI is InChI=1S/C43H29N3/c1-2-15-36-37-26-25-31(45-40-23-10-6-18-34(40)35-19-7-11-24-41(35)45)28-43(37)46(42(36)20-3-1)30-14-12-13-29(27-30)44-38-21-8-4-16-32(38)33-17-5-9-22-39(33)44/h1-19,21-28H,20H2. The molecule has 0 spiro atoms. The molecule has 3 aromatic heterocycles. The fraction of sp³-hybridized carbons (Fsp3) is 0.0233. The summed E-state index contributed by atoms with van der Waals surface area (Å²) < 4.78 is 7.30. The maximum absolute atomic E-state index is 2.49. The van der Waals surface area contributed by atoms with Crippen LogP contribution in [-0.4, -0.2) is 13.7 Å². The maximum Gasteiger partial charge on any atom is 0.0558 e. The summed E-state index contributed by atoms with van der Waals surface area (Å²) in [5.41, 5.74) is 12.2. The van der Waals surface area contributed by atoms with Crippen molar-refractivity contribution < 1.29 is 0 Å². The number of fused-ring (bicyclic) bond motifs is 9. The highest BCUT2D eigenvalue weighted by Crippen LogP contribution is 2.38. The van der Waals surface area contributed by atoms with Crippen molar-refractivity contribution in [2.45, 2.75) is 6.42 Å². The summed E-state index contributed by atoms with van der Waals surface area (Å²) in [7, 11) is 0. The summed E-state index contributed by atoms with van der Waals surface area (Å²) in [6.07, 6.45) is 9.74. The zero-order valence-corrected chi connectivity index (χ0v) is 25.1. The Balaban J connectivity index is 1.25. The molecule has 0 saturated heterocycles. The Hall–Kier alpha value is -6.06. The average Bonchev–Trinajstić information content (AvgIpc) is 3.66. The van der Waals surface area contributed by atoms with Crippen LogP contribution in [0.25, 0.3) is 77.7 Å². The predicted octanol–water partition coefficient (Wildman–Crippen LogP) is 11.0. The van der Waals surface area contributed by atoms with Crippen LogP contribution in [0.4, 0.5) is 0 Å². The molecule has 3 heteroatoms. The molecule has 0 saturated carbocycles. The lowest BCUT2D eigenvalue weighted by Crippen LogP contribution is -2.03. The van der Waals surface area contributed by atoms with Crippen LogP contribution < -0.4 is 0 Å². The summed E-state index contributed by atoms with van der Waals surface area (Å²) in [6.45, 7) is 0. The van der Waals surface area contributed by atoms with Crippen molar-refractivity contribution in [3.8, 4) is 17.1 Å². The molecule has 0 fully saturated rings. The molecule has 10 rings (SSSR count). The molecular formula is C43H29N3. The molecular weight excluding hydrogens is 558 g/mol. The summed E-state index contributed by atoms with van der Waals surface area (Å²) in [4.78, 5) is 0. The monoisotopic (exact) mass is 587 g/mol. The largest absolute Gasteiger partial charge is 0.313 e. The van der Waals surface area contributed by atoms with E-state index in [2.05, 4.69) is 178 Å². The topological polar surface area (TPSA) is 14.8 Å². The molecule has 0 amide bonds. The second-order valence-corrected chi connectivity index (χ2v) is 12.1. The van der Waals surface area contributed by atoms with Gasteiger partial charge in [0.1, 0.15) is 0 Å². The second kappa shape index (κ2) is 9.72. The van der Waals surface area contributed by atoms with Gasteiger partial charge < -0.3 is 13.7 Å². The first-order chi connectivity index (χ1) is 22.8. The van der Waals surface area contributed by atoms with Crippen LogP contribution in [-0.2, 0) is 6.42 Å². The molecule has 0 atom stereocenters. The first-order valence-electron chi connectivity index (χ1n) is 15.9. The van der Waals surface area contributed by atoms with Gasteiger partial charge in [0.25, 0.3) is 0 Å². The van der Waals surface area contributed by atoms with Gasteiger partial charge in [-0.25, -0.2) is 0 Å². The molecule has 6 aromatic carbocycles. The number of benzene rings is 6. The van der Waals surface area contributed by atoms with E-state index in [1.54, 1.807) is 0 Å². The Bertz CT molecular complexity index is 2620. The van der Waals surface area contributed by atoms with E-state index in [9.17, 15) is 0 Å². The van der Waals surface area contributed by atoms with Crippen LogP contribution in [0.5, 0.6) is 0 Å². The van der Waals surface area contributed by atoms with E-state index in [0.29, 0.717) is 0 Å². The Labute approximate surface area is 266 Å². The van der Waals surface area contributed by atoms with Gasteiger partial charge >= 0.3 is 0 Å². The van der Waals surface area contributed by atoms with Gasteiger partial charge in [-0.2, -0.15) is 0 Å². The molecule has 0 radical (unpaired) electrons. The zero-order chi connectivity index (χ0) is 30.2. The van der Waals surface area contributed by atoms with E-state index in [-0.39, 0.29) is 0 Å². The normalized spacial score (nSPS) is 13.0. The lowest BCUT2D eigenvalue weighted by Gasteiger charge is -2.15. The molecule has 3 nitrogen and oxygen atoms in total. The van der Waals surface area contributed by atoms with Gasteiger partial charge in [0.15, 0.2) is 0 Å². The molecule has 0 bridgehead atoms. The van der Waals surface area contributed by atoms with Gasteiger partial charge in [0.05, 0.1) is 27.6 Å². The second-order valence-electron chi connectivity index (χ2n) is 12.1. The van der Waals surface area contributed by atoms with Gasteiger partial charge in [0, 0.05) is 61.7 Å². The van der Waals surface area contributed by atoms with E-state index < -0.39 is 0 Å². The van der Waals surface area contributed by atoms with Crippen LogP contribution in [0.3, 0.4) is 0 Å². The fourth-order valence-electron chi connectivity index (χ4n) is 7.76. The number of hydrogen-bond acceptors (Lipinski definition) is 0. The number of hydrogen-bond donors (Lipinski definition) is 0. The summed E-state index contributed by atoms with van der Waals surface area (Å²) in [5, 5.41) is 6.36. The molecule has 0 unspecified atom stereocenters. The molecule has 9 aromatic rings. The lowest BCUT2D eigenvalue weighted by atomic mass is 10.1. The van der Waals surface area contributed by atoms with E-state index >= 15 is 0 Å². The highest BCUT2D eigenvalue weighted by atomic mass is 15.0. The number of nitrogens with zero attached hydrogens (tertiary/aromatic N) is 3. The fourth-order valence-corrected chi connectivity index (χ4v) is 7.76. The number of para-hydroxylation sites is 4. The number of rotatable bonds is 3. The van der Waals surface area contributed by atoms with Crippen molar-refractivity contribution in [2.24, 2.45) is 0 Å². The van der Waals surface area contributed by atoms with E-state index in [0.717, 1.165) is 23.5 Å². The molecule has 3 heterocycles. The van der Waals surface area contributed by atoms with Gasteiger partial charge in [0.2, 0.25) is 0 Å². The van der Waals surface area contributed by atoms with Crippen molar-refractivity contribution in [3.63, 3.8) is 0 Å². The molecule has 0 aliphatic heterocycles. The van der Waals surface area contributed by atoms with Crippen LogP contribution in [0.15, 0.2) is 158 Å². The highest BCUT2D eigenvalue weighted by molar-refractivity contribution is 6.10. The minimum absolute atomic E-state index is 0.862. The summed E-state index contributed by atoms with van der Waals surface area (Å²) in [6, 6.07) is 50.9. The van der Waals surface area contributed by atoms with Crippen molar-refractivity contribution in [1.29, 1.82) is 0 Å². The Morgan fingerprint density at radius 2 is 0.870 bits per heavy atom. The minimum atomic E-state index is 0.862. The predicted molar refractivity (Wildman–Crippen MR) is 194 cm³/mol. The van der Waals surface area contributed by atoms with Crippen LogP contribution >= 0.6 is 0 Å².